The van der Waals surface area contributed by atoms with E-state index in [1.807, 2.05) is 50.2 Å². The van der Waals surface area contributed by atoms with E-state index >= 15 is 0 Å². The van der Waals surface area contributed by atoms with Crippen LogP contribution in [0.1, 0.15) is 25.0 Å². The lowest BCUT2D eigenvalue weighted by atomic mass is 9.86. The second kappa shape index (κ2) is 6.59. The number of benzene rings is 2. The van der Waals surface area contributed by atoms with Crippen molar-refractivity contribution >= 4 is 35.7 Å². The van der Waals surface area contributed by atoms with Crippen LogP contribution >= 0.6 is 24.0 Å². The first-order valence-electron chi connectivity index (χ1n) is 6.99. The van der Waals surface area contributed by atoms with Crippen LogP contribution in [0, 0.1) is 0 Å². The predicted molar refractivity (Wildman–Crippen MR) is 94.3 cm³/mol. The third-order valence-electron chi connectivity index (χ3n) is 3.66. The molecular formula is C17H18Cl2N2O. The van der Waals surface area contributed by atoms with Crippen LogP contribution in [-0.2, 0) is 10.3 Å². The highest BCUT2D eigenvalue weighted by atomic mass is 35.5. The molecule has 0 saturated carbocycles. The highest BCUT2D eigenvalue weighted by Gasteiger charge is 2.38. The highest BCUT2D eigenvalue weighted by molar-refractivity contribution is 6.30. The molecule has 0 fully saturated rings. The SMILES string of the molecule is CCN=C1Nc2ccc(Cl)cc2[C@@](C)(c2ccccc2)O1.Cl. The topological polar surface area (TPSA) is 33.6 Å². The Morgan fingerprint density at radius 1 is 1.18 bits per heavy atom. The van der Waals surface area contributed by atoms with Crippen molar-refractivity contribution in [2.24, 2.45) is 4.99 Å². The smallest absolute Gasteiger partial charge is 0.290 e. The number of halogens is 2. The third-order valence-corrected chi connectivity index (χ3v) is 3.90. The Morgan fingerprint density at radius 3 is 2.59 bits per heavy atom. The number of fused-ring (bicyclic) bond motifs is 1. The van der Waals surface area contributed by atoms with E-state index in [1.165, 1.54) is 0 Å². The Kier molecular flexibility index (Phi) is 4.99. The van der Waals surface area contributed by atoms with Crippen molar-refractivity contribution in [3.63, 3.8) is 0 Å². The first-order chi connectivity index (χ1) is 10.1. The molecule has 0 amide bonds. The van der Waals surface area contributed by atoms with Gasteiger partial charge in [-0.3, -0.25) is 0 Å². The summed E-state index contributed by atoms with van der Waals surface area (Å²) < 4.78 is 6.16. The van der Waals surface area contributed by atoms with Crippen LogP contribution in [0.15, 0.2) is 53.5 Å². The van der Waals surface area contributed by atoms with Crippen LogP contribution in [0.4, 0.5) is 5.69 Å². The van der Waals surface area contributed by atoms with E-state index < -0.39 is 5.60 Å². The van der Waals surface area contributed by atoms with Crippen LogP contribution in [0.25, 0.3) is 0 Å². The van der Waals surface area contributed by atoms with Crippen LogP contribution in [0.5, 0.6) is 0 Å². The molecule has 1 N–H and O–H groups in total. The second-order valence-corrected chi connectivity index (χ2v) is 5.53. The van der Waals surface area contributed by atoms with Gasteiger partial charge in [0.05, 0.1) is 0 Å². The molecule has 0 unspecified atom stereocenters. The Balaban J connectivity index is 0.00000176. The maximum atomic E-state index is 6.18. The monoisotopic (exact) mass is 336 g/mol. The Bertz CT molecular complexity index is 688. The largest absolute Gasteiger partial charge is 0.449 e. The molecule has 0 aromatic heterocycles. The number of amidine groups is 1. The van der Waals surface area contributed by atoms with Gasteiger partial charge in [-0.15, -0.1) is 12.4 Å². The van der Waals surface area contributed by atoms with Crippen molar-refractivity contribution in [2.75, 3.05) is 11.9 Å². The number of ether oxygens (including phenoxy) is 1. The molecular weight excluding hydrogens is 319 g/mol. The number of anilines is 1. The highest BCUT2D eigenvalue weighted by Crippen LogP contribution is 2.41. The number of aliphatic imine (C=N–C) groups is 1. The van der Waals surface area contributed by atoms with Gasteiger partial charge in [-0.05, 0) is 37.6 Å². The lowest BCUT2D eigenvalue weighted by molar-refractivity contribution is 0.112. The van der Waals surface area contributed by atoms with Gasteiger partial charge in [-0.2, -0.15) is 0 Å². The van der Waals surface area contributed by atoms with Crippen molar-refractivity contribution in [3.8, 4) is 0 Å². The fourth-order valence-corrected chi connectivity index (χ4v) is 2.77. The van der Waals surface area contributed by atoms with Crippen LogP contribution in [0.3, 0.4) is 0 Å². The first kappa shape index (κ1) is 16.7. The predicted octanol–water partition coefficient (Wildman–Crippen LogP) is 4.84. The molecule has 1 aliphatic rings. The van der Waals surface area contributed by atoms with E-state index in [4.69, 9.17) is 16.3 Å². The minimum atomic E-state index is -0.610. The minimum absolute atomic E-state index is 0. The number of hydrogen-bond donors (Lipinski definition) is 1. The fourth-order valence-electron chi connectivity index (χ4n) is 2.60. The number of nitrogens with one attached hydrogen (secondary N) is 1. The molecule has 22 heavy (non-hydrogen) atoms. The molecule has 0 bridgehead atoms. The van der Waals surface area contributed by atoms with Crippen LogP contribution in [0.2, 0.25) is 5.02 Å². The summed E-state index contributed by atoms with van der Waals surface area (Å²) in [5.74, 6) is 0. The fraction of sp³-hybridized carbons (Fsp3) is 0.235. The van der Waals surface area contributed by atoms with Gasteiger partial charge in [0.25, 0.3) is 6.02 Å². The van der Waals surface area contributed by atoms with Gasteiger partial charge in [0.15, 0.2) is 5.60 Å². The Hall–Kier alpha value is -1.71. The summed E-state index contributed by atoms with van der Waals surface area (Å²) in [6.07, 6.45) is 0. The zero-order chi connectivity index (χ0) is 14.9. The number of hydrogen-bond acceptors (Lipinski definition) is 2. The van der Waals surface area contributed by atoms with Gasteiger partial charge < -0.3 is 10.1 Å². The van der Waals surface area contributed by atoms with Crippen LogP contribution in [-0.4, -0.2) is 12.6 Å². The quantitative estimate of drug-likeness (QED) is 0.850. The van der Waals surface area contributed by atoms with Gasteiger partial charge in [0.2, 0.25) is 0 Å². The van der Waals surface area contributed by atoms with Gasteiger partial charge in [0, 0.05) is 22.8 Å². The molecule has 3 nitrogen and oxygen atoms in total. The van der Waals surface area contributed by atoms with Gasteiger partial charge >= 0.3 is 0 Å². The van der Waals surface area contributed by atoms with E-state index in [0.29, 0.717) is 17.6 Å². The summed E-state index contributed by atoms with van der Waals surface area (Å²) >= 11 is 6.18. The minimum Gasteiger partial charge on any atom is -0.449 e. The van der Waals surface area contributed by atoms with E-state index in [-0.39, 0.29) is 12.4 Å². The number of nitrogens with zero attached hydrogens (tertiary/aromatic N) is 1. The molecule has 2 aromatic rings. The summed E-state index contributed by atoms with van der Waals surface area (Å²) in [6.45, 7) is 4.69. The molecule has 116 valence electrons. The van der Waals surface area contributed by atoms with Crippen LogP contribution < -0.4 is 5.32 Å². The van der Waals surface area contributed by atoms with Crippen molar-refractivity contribution in [3.05, 3.63) is 64.7 Å². The third kappa shape index (κ3) is 2.92. The van der Waals surface area contributed by atoms with Crippen molar-refractivity contribution < 1.29 is 4.74 Å². The molecule has 0 saturated heterocycles. The summed E-state index contributed by atoms with van der Waals surface area (Å²) in [5, 5.41) is 3.91. The summed E-state index contributed by atoms with van der Waals surface area (Å²) in [7, 11) is 0. The molecule has 3 rings (SSSR count). The molecule has 0 spiro atoms. The van der Waals surface area contributed by atoms with E-state index in [9.17, 15) is 0 Å². The standard InChI is InChI=1S/C17H17ClN2O.ClH/c1-3-19-16-20-15-10-9-13(18)11-14(15)17(2,21-16)12-7-5-4-6-8-12;/h4-11H,3H2,1-2H3,(H,19,20);1H/t17-;/m1./s1. The molecule has 1 aliphatic heterocycles. The first-order valence-corrected chi connectivity index (χ1v) is 7.37. The van der Waals surface area contributed by atoms with Gasteiger partial charge in [0.1, 0.15) is 0 Å². The second-order valence-electron chi connectivity index (χ2n) is 5.10. The van der Waals surface area contributed by atoms with E-state index in [0.717, 1.165) is 16.8 Å². The Labute approximate surface area is 141 Å². The lowest BCUT2D eigenvalue weighted by Gasteiger charge is -2.38. The molecule has 0 radical (unpaired) electrons. The normalized spacial score (nSPS) is 21.3. The molecule has 5 heteroatoms. The number of rotatable bonds is 2. The summed E-state index contributed by atoms with van der Waals surface area (Å²) in [5.41, 5.74) is 2.44. The van der Waals surface area contributed by atoms with Crippen molar-refractivity contribution in [1.29, 1.82) is 0 Å². The van der Waals surface area contributed by atoms with E-state index in [2.05, 4.69) is 22.4 Å². The zero-order valence-corrected chi connectivity index (χ0v) is 14.0. The average Bonchev–Trinajstić information content (AvgIpc) is 2.49. The Morgan fingerprint density at radius 2 is 1.91 bits per heavy atom. The van der Waals surface area contributed by atoms with E-state index in [1.54, 1.807) is 0 Å². The molecule has 0 aliphatic carbocycles. The van der Waals surface area contributed by atoms with Crippen molar-refractivity contribution in [1.82, 2.24) is 0 Å². The maximum absolute atomic E-state index is 6.18. The van der Waals surface area contributed by atoms with Gasteiger partial charge in [-0.25, -0.2) is 4.99 Å². The lowest BCUT2D eigenvalue weighted by Crippen LogP contribution is -2.39. The van der Waals surface area contributed by atoms with Gasteiger partial charge in [-0.1, -0.05) is 41.9 Å². The molecule has 2 aromatic carbocycles. The average molecular weight is 337 g/mol. The maximum Gasteiger partial charge on any atom is 0.290 e. The zero-order valence-electron chi connectivity index (χ0n) is 12.5. The summed E-state index contributed by atoms with van der Waals surface area (Å²) in [6, 6.07) is 16.4. The van der Waals surface area contributed by atoms with Crippen molar-refractivity contribution in [2.45, 2.75) is 19.4 Å². The molecule has 1 atom stereocenters. The molecule has 1 heterocycles. The summed E-state index contributed by atoms with van der Waals surface area (Å²) in [4.78, 5) is 4.38.